The number of rotatable bonds is 7. The van der Waals surface area contributed by atoms with Gasteiger partial charge in [0.2, 0.25) is 5.91 Å². The van der Waals surface area contributed by atoms with Crippen LogP contribution in [0.25, 0.3) is 0 Å². The number of nitrogens with one attached hydrogen (secondary N) is 2. The predicted molar refractivity (Wildman–Crippen MR) is 121 cm³/mol. The van der Waals surface area contributed by atoms with Gasteiger partial charge < -0.3 is 20.3 Å². The molecule has 2 rings (SSSR count). The van der Waals surface area contributed by atoms with Gasteiger partial charge >= 0.3 is 0 Å². The van der Waals surface area contributed by atoms with Crippen LogP contribution in [-0.2, 0) is 4.79 Å². The van der Waals surface area contributed by atoms with Crippen molar-refractivity contribution in [3.8, 4) is 5.75 Å². The molecule has 1 saturated heterocycles. The lowest BCUT2D eigenvalue weighted by Gasteiger charge is -2.31. The lowest BCUT2D eigenvalue weighted by Crippen LogP contribution is -2.44. The third-order valence-electron chi connectivity index (χ3n) is 4.55. The maximum absolute atomic E-state index is 13.2. The number of aliphatic imine (C=N–C) groups is 1. The molecule has 28 heavy (non-hydrogen) atoms. The Morgan fingerprint density at radius 2 is 2.21 bits per heavy atom. The van der Waals surface area contributed by atoms with Crippen LogP contribution < -0.4 is 15.4 Å². The van der Waals surface area contributed by atoms with E-state index in [1.807, 2.05) is 11.8 Å². The van der Waals surface area contributed by atoms with Crippen molar-refractivity contribution in [1.82, 2.24) is 15.5 Å². The summed E-state index contributed by atoms with van der Waals surface area (Å²) < 4.78 is 18.9. The average molecular weight is 506 g/mol. The van der Waals surface area contributed by atoms with Crippen molar-refractivity contribution in [2.45, 2.75) is 39.2 Å². The molecule has 0 radical (unpaired) electrons. The molecule has 2 atom stereocenters. The number of benzene rings is 1. The molecule has 0 aliphatic carbocycles. The minimum atomic E-state index is -0.321. The number of amides is 1. The van der Waals surface area contributed by atoms with E-state index in [2.05, 4.69) is 22.5 Å². The Hall–Kier alpha value is -1.58. The summed E-state index contributed by atoms with van der Waals surface area (Å²) in [5.74, 6) is 1.56. The van der Waals surface area contributed by atoms with Crippen LogP contribution in [0.4, 0.5) is 4.39 Å². The van der Waals surface area contributed by atoms with Crippen molar-refractivity contribution in [2.75, 3.05) is 33.2 Å². The molecular weight excluding hydrogens is 474 g/mol. The molecule has 1 heterocycles. The molecule has 1 aliphatic rings. The molecule has 6 nitrogen and oxygen atoms in total. The lowest BCUT2D eigenvalue weighted by molar-refractivity contribution is -0.132. The quantitative estimate of drug-likeness (QED) is 0.339. The van der Waals surface area contributed by atoms with Crippen molar-refractivity contribution in [1.29, 1.82) is 0 Å². The zero-order valence-corrected chi connectivity index (χ0v) is 19.2. The van der Waals surface area contributed by atoms with E-state index in [9.17, 15) is 9.18 Å². The van der Waals surface area contributed by atoms with Crippen molar-refractivity contribution in [3.05, 3.63) is 30.1 Å². The summed E-state index contributed by atoms with van der Waals surface area (Å²) >= 11 is 0. The largest absolute Gasteiger partial charge is 0.489 e. The van der Waals surface area contributed by atoms with E-state index in [0.29, 0.717) is 37.1 Å². The van der Waals surface area contributed by atoms with E-state index in [4.69, 9.17) is 4.74 Å². The van der Waals surface area contributed by atoms with Gasteiger partial charge in [-0.25, -0.2) is 4.39 Å². The average Bonchev–Trinajstić information content (AvgIpc) is 2.64. The van der Waals surface area contributed by atoms with Crippen molar-refractivity contribution >= 4 is 35.8 Å². The number of nitrogens with zero attached hydrogens (tertiary/aromatic N) is 2. The Balaban J connectivity index is 0.00000392. The van der Waals surface area contributed by atoms with Gasteiger partial charge in [0.25, 0.3) is 0 Å². The van der Waals surface area contributed by atoms with Crippen LogP contribution >= 0.6 is 24.0 Å². The highest BCUT2D eigenvalue weighted by Crippen LogP contribution is 2.16. The number of ether oxygens (including phenoxy) is 1. The number of piperidine rings is 1. The summed E-state index contributed by atoms with van der Waals surface area (Å²) in [5, 5.41) is 6.31. The van der Waals surface area contributed by atoms with E-state index in [1.165, 1.54) is 18.6 Å². The molecule has 2 unspecified atom stereocenters. The number of carbonyl (C=O) groups is 1. The topological polar surface area (TPSA) is 66.0 Å². The maximum Gasteiger partial charge on any atom is 0.224 e. The monoisotopic (exact) mass is 506 g/mol. The van der Waals surface area contributed by atoms with Crippen molar-refractivity contribution in [2.24, 2.45) is 10.9 Å². The van der Waals surface area contributed by atoms with Gasteiger partial charge in [0, 0.05) is 39.2 Å². The van der Waals surface area contributed by atoms with Gasteiger partial charge in [-0.2, -0.15) is 0 Å². The fourth-order valence-corrected chi connectivity index (χ4v) is 3.14. The smallest absolute Gasteiger partial charge is 0.224 e. The molecule has 158 valence electrons. The number of guanidine groups is 1. The highest BCUT2D eigenvalue weighted by atomic mass is 127. The normalized spacial score (nSPS) is 18.1. The highest BCUT2D eigenvalue weighted by Gasteiger charge is 2.20. The standard InChI is InChI=1S/C20H31FN4O2.HI/c1-15-6-5-11-25(14-15)19(26)9-10-23-20(22-3)24-13-16(2)27-18-8-4-7-17(21)12-18;/h4,7-8,12,15-16H,5-6,9-11,13-14H2,1-3H3,(H2,22,23,24);1H. The van der Waals surface area contributed by atoms with E-state index < -0.39 is 0 Å². The molecule has 0 saturated carbocycles. The van der Waals surface area contributed by atoms with E-state index in [1.54, 1.807) is 19.2 Å². The summed E-state index contributed by atoms with van der Waals surface area (Å²) in [6.07, 6.45) is 2.58. The molecule has 1 aromatic rings. The van der Waals surface area contributed by atoms with Gasteiger partial charge in [0.1, 0.15) is 17.7 Å². The third-order valence-corrected chi connectivity index (χ3v) is 4.55. The fraction of sp³-hybridized carbons (Fsp3) is 0.600. The first-order valence-electron chi connectivity index (χ1n) is 9.62. The Labute approximate surface area is 184 Å². The number of halogens is 2. The van der Waals surface area contributed by atoms with Crippen LogP contribution in [0.1, 0.15) is 33.1 Å². The van der Waals surface area contributed by atoms with Crippen molar-refractivity contribution < 1.29 is 13.9 Å². The summed E-state index contributed by atoms with van der Waals surface area (Å²) in [7, 11) is 1.68. The first kappa shape index (κ1) is 24.5. The summed E-state index contributed by atoms with van der Waals surface area (Å²) in [4.78, 5) is 18.4. The van der Waals surface area contributed by atoms with Crippen molar-refractivity contribution in [3.63, 3.8) is 0 Å². The minimum Gasteiger partial charge on any atom is -0.489 e. The molecule has 0 bridgehead atoms. The molecular formula is C20H32FIN4O2. The minimum absolute atomic E-state index is 0. The first-order chi connectivity index (χ1) is 13.0. The predicted octanol–water partition coefficient (Wildman–Crippen LogP) is 3.02. The maximum atomic E-state index is 13.2. The molecule has 8 heteroatoms. The Bertz CT molecular complexity index is 644. The number of likely N-dealkylation sites (tertiary alicyclic amines) is 1. The van der Waals surface area contributed by atoms with Crippen LogP contribution in [0.2, 0.25) is 0 Å². The van der Waals surface area contributed by atoms with E-state index in [0.717, 1.165) is 19.5 Å². The number of hydrogen-bond acceptors (Lipinski definition) is 3. The third kappa shape index (κ3) is 8.62. The first-order valence-corrected chi connectivity index (χ1v) is 9.62. The second-order valence-electron chi connectivity index (χ2n) is 7.10. The fourth-order valence-electron chi connectivity index (χ4n) is 3.14. The Morgan fingerprint density at radius 1 is 1.43 bits per heavy atom. The van der Waals surface area contributed by atoms with E-state index >= 15 is 0 Å². The van der Waals surface area contributed by atoms with Crippen LogP contribution in [0, 0.1) is 11.7 Å². The molecule has 2 N–H and O–H groups in total. The molecule has 1 amide bonds. The summed E-state index contributed by atoms with van der Waals surface area (Å²) in [6.45, 7) is 6.85. The Kier molecular flexibility index (Phi) is 11.2. The van der Waals surface area contributed by atoms with Crippen LogP contribution in [0.15, 0.2) is 29.3 Å². The second kappa shape index (κ2) is 12.8. The molecule has 1 fully saturated rings. The zero-order valence-electron chi connectivity index (χ0n) is 16.9. The zero-order chi connectivity index (χ0) is 19.6. The SMILES string of the molecule is CN=C(NCCC(=O)N1CCCC(C)C1)NCC(C)Oc1cccc(F)c1.I. The second-order valence-corrected chi connectivity index (χ2v) is 7.10. The summed E-state index contributed by atoms with van der Waals surface area (Å²) in [6, 6.07) is 6.08. The Morgan fingerprint density at radius 3 is 2.89 bits per heavy atom. The van der Waals surface area contributed by atoms with Crippen LogP contribution in [0.5, 0.6) is 5.75 Å². The van der Waals surface area contributed by atoms with Gasteiger partial charge in [-0.1, -0.05) is 13.0 Å². The van der Waals surface area contributed by atoms with Gasteiger partial charge in [-0.3, -0.25) is 9.79 Å². The van der Waals surface area contributed by atoms with Crippen LogP contribution in [0.3, 0.4) is 0 Å². The van der Waals surface area contributed by atoms with Gasteiger partial charge in [-0.15, -0.1) is 24.0 Å². The molecule has 1 aliphatic heterocycles. The molecule has 1 aromatic carbocycles. The van der Waals surface area contributed by atoms with Gasteiger partial charge in [0.05, 0.1) is 6.54 Å². The molecule has 0 spiro atoms. The summed E-state index contributed by atoms with van der Waals surface area (Å²) in [5.41, 5.74) is 0. The highest BCUT2D eigenvalue weighted by molar-refractivity contribution is 14.0. The van der Waals surface area contributed by atoms with E-state index in [-0.39, 0.29) is 41.8 Å². The number of hydrogen-bond donors (Lipinski definition) is 2. The molecule has 0 aromatic heterocycles. The lowest BCUT2D eigenvalue weighted by atomic mass is 10.00. The number of carbonyl (C=O) groups excluding carboxylic acids is 1. The van der Waals surface area contributed by atoms with Gasteiger partial charge in [-0.05, 0) is 37.8 Å². The van der Waals surface area contributed by atoms with Gasteiger partial charge in [0.15, 0.2) is 5.96 Å². The van der Waals surface area contributed by atoms with Crippen LogP contribution in [-0.4, -0.2) is 56.1 Å².